The van der Waals surface area contributed by atoms with Crippen molar-refractivity contribution in [3.8, 4) is 11.5 Å². The van der Waals surface area contributed by atoms with Crippen molar-refractivity contribution in [2.75, 3.05) is 0 Å². The van der Waals surface area contributed by atoms with E-state index in [-0.39, 0.29) is 17.4 Å². The molecular formula is C14H11ClFNO3. The Morgan fingerprint density at radius 1 is 1.25 bits per heavy atom. The van der Waals surface area contributed by atoms with Crippen molar-refractivity contribution < 1.29 is 14.1 Å². The largest absolute Gasteiger partial charge is 0.457 e. The molecule has 0 aliphatic heterocycles. The highest BCUT2D eigenvalue weighted by molar-refractivity contribution is 6.17. The molecular weight excluding hydrogens is 285 g/mol. The first-order valence-electron chi connectivity index (χ1n) is 5.78. The fourth-order valence-electron chi connectivity index (χ4n) is 1.73. The molecule has 20 heavy (non-hydrogen) atoms. The van der Waals surface area contributed by atoms with Crippen LogP contribution in [0.15, 0.2) is 36.4 Å². The van der Waals surface area contributed by atoms with Crippen molar-refractivity contribution in [2.45, 2.75) is 12.8 Å². The van der Waals surface area contributed by atoms with Crippen molar-refractivity contribution in [1.82, 2.24) is 0 Å². The summed E-state index contributed by atoms with van der Waals surface area (Å²) in [5, 5.41) is 10.7. The van der Waals surface area contributed by atoms with Crippen molar-refractivity contribution in [3.63, 3.8) is 0 Å². The van der Waals surface area contributed by atoms with Gasteiger partial charge >= 0.3 is 0 Å². The van der Waals surface area contributed by atoms with E-state index >= 15 is 0 Å². The molecule has 0 aromatic heterocycles. The number of benzene rings is 2. The molecule has 6 heteroatoms. The standard InChI is InChI=1S/C14H11ClFNO3/c1-9-6-11(16)2-4-13(9)20-14-5-3-12(17(18)19)7-10(14)8-15/h2-7H,8H2,1H3. The van der Waals surface area contributed by atoms with Crippen LogP contribution in [0.5, 0.6) is 11.5 Å². The Morgan fingerprint density at radius 3 is 2.55 bits per heavy atom. The second-order valence-electron chi connectivity index (χ2n) is 4.19. The fourth-order valence-corrected chi connectivity index (χ4v) is 1.94. The molecule has 0 amide bonds. The normalized spacial score (nSPS) is 10.3. The van der Waals surface area contributed by atoms with Crippen molar-refractivity contribution in [1.29, 1.82) is 0 Å². The van der Waals surface area contributed by atoms with Gasteiger partial charge in [0.05, 0.1) is 10.8 Å². The molecule has 0 aliphatic carbocycles. The summed E-state index contributed by atoms with van der Waals surface area (Å²) in [5.74, 6) is 0.625. The third kappa shape index (κ3) is 3.05. The Labute approximate surface area is 119 Å². The molecule has 0 saturated heterocycles. The lowest BCUT2D eigenvalue weighted by Gasteiger charge is -2.11. The first-order chi connectivity index (χ1) is 9.51. The van der Waals surface area contributed by atoms with Gasteiger partial charge in [0.25, 0.3) is 5.69 Å². The maximum absolute atomic E-state index is 13.0. The number of ether oxygens (including phenoxy) is 1. The van der Waals surface area contributed by atoms with E-state index in [0.717, 1.165) is 0 Å². The number of alkyl halides is 1. The molecule has 0 saturated carbocycles. The van der Waals surface area contributed by atoms with Gasteiger partial charge in [0, 0.05) is 17.7 Å². The van der Waals surface area contributed by atoms with Gasteiger partial charge < -0.3 is 4.74 Å². The lowest BCUT2D eigenvalue weighted by atomic mass is 10.2. The number of rotatable bonds is 4. The smallest absolute Gasteiger partial charge is 0.270 e. The monoisotopic (exact) mass is 295 g/mol. The highest BCUT2D eigenvalue weighted by Crippen LogP contribution is 2.31. The number of aryl methyl sites for hydroxylation is 1. The molecule has 0 fully saturated rings. The highest BCUT2D eigenvalue weighted by Gasteiger charge is 2.12. The maximum Gasteiger partial charge on any atom is 0.270 e. The van der Waals surface area contributed by atoms with Crippen LogP contribution in [0.1, 0.15) is 11.1 Å². The molecule has 0 atom stereocenters. The van der Waals surface area contributed by atoms with E-state index in [1.807, 2.05) is 0 Å². The zero-order chi connectivity index (χ0) is 14.7. The van der Waals surface area contributed by atoms with E-state index in [1.165, 1.54) is 36.4 Å². The van der Waals surface area contributed by atoms with Gasteiger partial charge in [-0.25, -0.2) is 4.39 Å². The summed E-state index contributed by atoms with van der Waals surface area (Å²) in [5.41, 5.74) is 1.08. The molecule has 0 aliphatic rings. The Balaban J connectivity index is 2.35. The minimum Gasteiger partial charge on any atom is -0.457 e. The molecule has 2 aromatic rings. The molecule has 2 rings (SSSR count). The lowest BCUT2D eigenvalue weighted by molar-refractivity contribution is -0.384. The van der Waals surface area contributed by atoms with E-state index in [2.05, 4.69) is 0 Å². The van der Waals surface area contributed by atoms with Gasteiger partial charge in [0.1, 0.15) is 17.3 Å². The minimum atomic E-state index is -0.497. The van der Waals surface area contributed by atoms with Gasteiger partial charge in [-0.3, -0.25) is 10.1 Å². The summed E-state index contributed by atoms with van der Waals surface area (Å²) in [6.45, 7) is 1.71. The first-order valence-corrected chi connectivity index (χ1v) is 6.32. The molecule has 0 heterocycles. The van der Waals surface area contributed by atoms with E-state index in [9.17, 15) is 14.5 Å². The third-order valence-electron chi connectivity index (χ3n) is 2.76. The fraction of sp³-hybridized carbons (Fsp3) is 0.143. The molecule has 0 spiro atoms. The quantitative estimate of drug-likeness (QED) is 0.471. The molecule has 0 N–H and O–H groups in total. The Hall–Kier alpha value is -2.14. The number of nitrogens with zero attached hydrogens (tertiary/aromatic N) is 1. The Morgan fingerprint density at radius 2 is 1.95 bits per heavy atom. The van der Waals surface area contributed by atoms with Crippen LogP contribution in [-0.2, 0) is 5.88 Å². The van der Waals surface area contributed by atoms with E-state index in [1.54, 1.807) is 6.92 Å². The summed E-state index contributed by atoms with van der Waals surface area (Å²) in [6.07, 6.45) is 0. The highest BCUT2D eigenvalue weighted by atomic mass is 35.5. The summed E-state index contributed by atoms with van der Waals surface area (Å²) < 4.78 is 18.7. The van der Waals surface area contributed by atoms with Gasteiger partial charge in [-0.05, 0) is 36.8 Å². The third-order valence-corrected chi connectivity index (χ3v) is 3.04. The van der Waals surface area contributed by atoms with Gasteiger partial charge in [-0.1, -0.05) is 0 Å². The number of hydrogen-bond donors (Lipinski definition) is 0. The number of non-ortho nitro benzene ring substituents is 1. The lowest BCUT2D eigenvalue weighted by Crippen LogP contribution is -1.95. The Bertz CT molecular complexity index is 661. The van der Waals surface area contributed by atoms with Gasteiger partial charge in [0.2, 0.25) is 0 Å². The Kier molecular flexibility index (Phi) is 4.20. The predicted molar refractivity (Wildman–Crippen MR) is 73.9 cm³/mol. The van der Waals surface area contributed by atoms with Crippen LogP contribution in [-0.4, -0.2) is 4.92 Å². The van der Waals surface area contributed by atoms with Crippen LogP contribution >= 0.6 is 11.6 Å². The average Bonchev–Trinajstić information content (AvgIpc) is 2.42. The predicted octanol–water partition coefficient (Wildman–Crippen LogP) is 4.57. The molecule has 104 valence electrons. The summed E-state index contributed by atoms with van der Waals surface area (Å²) in [6, 6.07) is 8.32. The minimum absolute atomic E-state index is 0.0520. The summed E-state index contributed by atoms with van der Waals surface area (Å²) in [4.78, 5) is 10.2. The number of nitro benzene ring substituents is 1. The molecule has 0 bridgehead atoms. The average molecular weight is 296 g/mol. The van der Waals surface area contributed by atoms with Crippen molar-refractivity contribution in [2.24, 2.45) is 0 Å². The number of hydrogen-bond acceptors (Lipinski definition) is 3. The van der Waals surface area contributed by atoms with Crippen LogP contribution < -0.4 is 4.74 Å². The second-order valence-corrected chi connectivity index (χ2v) is 4.46. The molecule has 0 unspecified atom stereocenters. The molecule has 0 radical (unpaired) electrons. The van der Waals surface area contributed by atoms with Crippen LogP contribution in [0.2, 0.25) is 0 Å². The van der Waals surface area contributed by atoms with Gasteiger partial charge in [-0.15, -0.1) is 11.6 Å². The van der Waals surface area contributed by atoms with Gasteiger partial charge in [0.15, 0.2) is 0 Å². The zero-order valence-electron chi connectivity index (χ0n) is 10.6. The van der Waals surface area contributed by atoms with Crippen molar-refractivity contribution in [3.05, 3.63) is 63.5 Å². The second kappa shape index (κ2) is 5.88. The van der Waals surface area contributed by atoms with E-state index < -0.39 is 4.92 Å². The number of nitro groups is 1. The first kappa shape index (κ1) is 14.3. The maximum atomic E-state index is 13.0. The summed E-state index contributed by atoms with van der Waals surface area (Å²) in [7, 11) is 0. The van der Waals surface area contributed by atoms with Crippen LogP contribution in [0.25, 0.3) is 0 Å². The van der Waals surface area contributed by atoms with Crippen LogP contribution in [0.4, 0.5) is 10.1 Å². The van der Waals surface area contributed by atoms with E-state index in [4.69, 9.17) is 16.3 Å². The molecule has 4 nitrogen and oxygen atoms in total. The van der Waals surface area contributed by atoms with Crippen molar-refractivity contribution >= 4 is 17.3 Å². The summed E-state index contributed by atoms with van der Waals surface area (Å²) >= 11 is 5.78. The molecule has 2 aromatic carbocycles. The topological polar surface area (TPSA) is 52.4 Å². The van der Waals surface area contributed by atoms with Crippen LogP contribution in [0, 0.1) is 22.9 Å². The number of halogens is 2. The van der Waals surface area contributed by atoms with Gasteiger partial charge in [-0.2, -0.15) is 0 Å². The van der Waals surface area contributed by atoms with E-state index in [0.29, 0.717) is 22.6 Å². The van der Waals surface area contributed by atoms with Crippen LogP contribution in [0.3, 0.4) is 0 Å². The SMILES string of the molecule is Cc1cc(F)ccc1Oc1ccc([N+](=O)[O-])cc1CCl. The zero-order valence-corrected chi connectivity index (χ0v) is 11.4.